The highest BCUT2D eigenvalue weighted by Gasteiger charge is 2.17. The molecule has 0 radical (unpaired) electrons. The van der Waals surface area contributed by atoms with E-state index in [0.29, 0.717) is 5.56 Å². The van der Waals surface area contributed by atoms with Crippen LogP contribution in [0.4, 0.5) is 17.1 Å². The quantitative estimate of drug-likeness (QED) is 0.137. The molecule has 0 aliphatic heterocycles. The predicted octanol–water partition coefficient (Wildman–Crippen LogP) is 7.82. The van der Waals surface area contributed by atoms with Crippen LogP contribution in [0.15, 0.2) is 84.9 Å². The molecule has 2 heterocycles. The monoisotopic (exact) mass is 602 g/mol. The molecule has 1 amide bonds. The second-order valence-corrected chi connectivity index (χ2v) is 9.70. The number of aryl methyl sites for hydroxylation is 1. The number of rotatable bonds is 7. The van der Waals surface area contributed by atoms with Gasteiger partial charge in [0.05, 0.1) is 47.9 Å². The molecule has 4 aromatic carbocycles. The van der Waals surface area contributed by atoms with E-state index in [9.17, 15) is 5.26 Å². The SMILES string of the molecule is CC.CCn1c(-c2ccc(Nc3ccc(-c4[nH]c5cc(OC)ccc5c4C#N)cc3)cc2)c(N)c2ccc(OC)cc21.NC=O. The number of methoxy groups -OCH3 is 2. The molecular weight excluding hydrogens is 564 g/mol. The van der Waals surface area contributed by atoms with Gasteiger partial charge in [-0.25, -0.2) is 0 Å². The number of H-pyrrole nitrogens is 1. The minimum Gasteiger partial charge on any atom is -0.497 e. The smallest absolute Gasteiger partial charge is 0.204 e. The number of aromatic amines is 1. The van der Waals surface area contributed by atoms with Gasteiger partial charge in [-0.05, 0) is 61.0 Å². The lowest BCUT2D eigenvalue weighted by Crippen LogP contribution is -1.99. The molecule has 0 saturated carbocycles. The summed E-state index contributed by atoms with van der Waals surface area (Å²) in [7, 11) is 3.31. The Kier molecular flexibility index (Phi) is 10.3. The number of ether oxygens (including phenoxy) is 2. The van der Waals surface area contributed by atoms with Crippen LogP contribution in [0.5, 0.6) is 11.5 Å². The topological polar surface area (TPSA) is 144 Å². The molecule has 9 heteroatoms. The number of hydrogen-bond donors (Lipinski definition) is 4. The van der Waals surface area contributed by atoms with Gasteiger partial charge >= 0.3 is 0 Å². The molecule has 0 bridgehead atoms. The first-order chi connectivity index (χ1) is 22.0. The van der Waals surface area contributed by atoms with Crippen molar-refractivity contribution >= 4 is 45.3 Å². The lowest BCUT2D eigenvalue weighted by Gasteiger charge is -2.11. The molecule has 0 atom stereocenters. The van der Waals surface area contributed by atoms with Gasteiger partial charge in [-0.15, -0.1) is 0 Å². The second kappa shape index (κ2) is 14.5. The highest BCUT2D eigenvalue weighted by Crippen LogP contribution is 2.38. The summed E-state index contributed by atoms with van der Waals surface area (Å²) in [5.74, 6) is 1.56. The fraction of sp³-hybridized carbons (Fsp3) is 0.167. The minimum atomic E-state index is 0.250. The number of fused-ring (bicyclic) bond motifs is 2. The fourth-order valence-electron chi connectivity index (χ4n) is 5.36. The number of hydrogen-bond acceptors (Lipinski definition) is 6. The highest BCUT2D eigenvalue weighted by molar-refractivity contribution is 6.01. The third kappa shape index (κ3) is 6.40. The number of nitriles is 1. The average molecular weight is 603 g/mol. The molecule has 230 valence electrons. The number of carbonyl (C=O) groups excluding carboxylic acids is 1. The third-order valence-corrected chi connectivity index (χ3v) is 7.37. The first-order valence-corrected chi connectivity index (χ1v) is 14.6. The molecule has 9 nitrogen and oxygen atoms in total. The Hall–Kier alpha value is -5.88. The first-order valence-electron chi connectivity index (χ1n) is 14.6. The van der Waals surface area contributed by atoms with Gasteiger partial charge in [-0.2, -0.15) is 5.26 Å². The molecular formula is C36H38N6O3. The summed E-state index contributed by atoms with van der Waals surface area (Å²) in [5, 5.41) is 15.2. The molecule has 0 saturated heterocycles. The van der Waals surface area contributed by atoms with E-state index in [0.717, 1.165) is 79.4 Å². The number of carbonyl (C=O) groups is 1. The fourth-order valence-corrected chi connectivity index (χ4v) is 5.36. The van der Waals surface area contributed by atoms with Gasteiger partial charge in [0.25, 0.3) is 0 Å². The van der Waals surface area contributed by atoms with E-state index in [1.165, 1.54) is 0 Å². The zero-order chi connectivity index (χ0) is 32.5. The van der Waals surface area contributed by atoms with Crippen molar-refractivity contribution in [2.45, 2.75) is 27.3 Å². The summed E-state index contributed by atoms with van der Waals surface area (Å²) in [6.07, 6.45) is 0.250. The largest absolute Gasteiger partial charge is 0.497 e. The molecule has 0 fully saturated rings. The van der Waals surface area contributed by atoms with Crippen LogP contribution in [0.2, 0.25) is 0 Å². The number of benzene rings is 4. The van der Waals surface area contributed by atoms with E-state index in [2.05, 4.69) is 57.9 Å². The number of amides is 1. The standard InChI is InChI=1S/C33H29N5O2.C2H6.CH3NO/c1-4-38-30-18-25(40-3)14-16-27(30)31(35)33(38)21-7-11-23(12-8-21)36-22-9-5-20(6-10-22)32-28(19-34)26-15-13-24(39-2)17-29(26)37-32;1-2;2-1-3/h5-18,36-37H,4,35H2,1-3H3;1-2H3;1H,(H2,2,3). The molecule has 2 aromatic heterocycles. The number of nitrogens with two attached hydrogens (primary N) is 2. The van der Waals surface area contributed by atoms with Gasteiger partial charge in [-0.3, -0.25) is 4.79 Å². The van der Waals surface area contributed by atoms with E-state index >= 15 is 0 Å². The van der Waals surface area contributed by atoms with Gasteiger partial charge in [0.1, 0.15) is 17.6 Å². The summed E-state index contributed by atoms with van der Waals surface area (Å²) in [5.41, 5.74) is 19.8. The molecule has 0 unspecified atom stereocenters. The van der Waals surface area contributed by atoms with Crippen molar-refractivity contribution in [2.24, 2.45) is 5.73 Å². The van der Waals surface area contributed by atoms with Gasteiger partial charge < -0.3 is 35.8 Å². The van der Waals surface area contributed by atoms with Crippen LogP contribution >= 0.6 is 0 Å². The lowest BCUT2D eigenvalue weighted by molar-refractivity contribution is -0.106. The van der Waals surface area contributed by atoms with Crippen molar-refractivity contribution in [2.75, 3.05) is 25.3 Å². The number of aromatic nitrogens is 2. The summed E-state index contributed by atoms with van der Waals surface area (Å²) in [6, 6.07) is 30.3. The van der Waals surface area contributed by atoms with Crippen LogP contribution in [0.1, 0.15) is 26.3 Å². The summed E-state index contributed by atoms with van der Waals surface area (Å²) in [6.45, 7) is 6.91. The van der Waals surface area contributed by atoms with E-state index in [4.69, 9.17) is 20.0 Å². The maximum absolute atomic E-state index is 9.83. The normalized spacial score (nSPS) is 10.2. The highest BCUT2D eigenvalue weighted by atomic mass is 16.5. The molecule has 0 aliphatic rings. The second-order valence-electron chi connectivity index (χ2n) is 9.70. The maximum Gasteiger partial charge on any atom is 0.204 e. The van der Waals surface area contributed by atoms with E-state index in [1.807, 2.05) is 74.5 Å². The zero-order valence-corrected chi connectivity index (χ0v) is 26.1. The molecule has 0 aliphatic carbocycles. The van der Waals surface area contributed by atoms with Crippen molar-refractivity contribution in [1.82, 2.24) is 9.55 Å². The van der Waals surface area contributed by atoms with Crippen LogP contribution in [0.25, 0.3) is 44.3 Å². The predicted molar refractivity (Wildman–Crippen MR) is 184 cm³/mol. The van der Waals surface area contributed by atoms with Gasteiger partial charge in [0, 0.05) is 46.4 Å². The molecule has 0 spiro atoms. The number of primary amides is 1. The third-order valence-electron chi connectivity index (χ3n) is 7.37. The first kappa shape index (κ1) is 32.0. The Morgan fingerprint density at radius 3 is 1.93 bits per heavy atom. The van der Waals surface area contributed by atoms with E-state index < -0.39 is 0 Å². The Labute approximate surface area is 263 Å². The van der Waals surface area contributed by atoms with Crippen LogP contribution in [-0.4, -0.2) is 30.2 Å². The van der Waals surface area contributed by atoms with E-state index in [1.54, 1.807) is 14.2 Å². The Bertz CT molecular complexity index is 1950. The molecule has 6 N–H and O–H groups in total. The number of anilines is 3. The van der Waals surface area contributed by atoms with E-state index in [-0.39, 0.29) is 6.41 Å². The number of nitrogens with one attached hydrogen (secondary N) is 2. The van der Waals surface area contributed by atoms with Crippen molar-refractivity contribution in [3.8, 4) is 40.1 Å². The summed E-state index contributed by atoms with van der Waals surface area (Å²) < 4.78 is 13.0. The Morgan fingerprint density at radius 1 is 0.867 bits per heavy atom. The Balaban J connectivity index is 0.000000871. The lowest BCUT2D eigenvalue weighted by atomic mass is 10.1. The van der Waals surface area contributed by atoms with Crippen LogP contribution in [-0.2, 0) is 11.3 Å². The summed E-state index contributed by atoms with van der Waals surface area (Å²) >= 11 is 0. The van der Waals surface area contributed by atoms with Crippen molar-refractivity contribution in [1.29, 1.82) is 5.26 Å². The van der Waals surface area contributed by atoms with Gasteiger partial charge in [-0.1, -0.05) is 38.1 Å². The molecule has 45 heavy (non-hydrogen) atoms. The molecule has 6 rings (SSSR count). The average Bonchev–Trinajstić information content (AvgIpc) is 3.60. The summed E-state index contributed by atoms with van der Waals surface area (Å²) in [4.78, 5) is 12.0. The van der Waals surface area contributed by atoms with Crippen molar-refractivity contribution in [3.05, 3.63) is 90.5 Å². The van der Waals surface area contributed by atoms with Gasteiger partial charge in [0.2, 0.25) is 6.41 Å². The van der Waals surface area contributed by atoms with Gasteiger partial charge in [0.15, 0.2) is 0 Å². The minimum absolute atomic E-state index is 0.250. The zero-order valence-electron chi connectivity index (χ0n) is 26.1. The van der Waals surface area contributed by atoms with Crippen LogP contribution in [0, 0.1) is 11.3 Å². The maximum atomic E-state index is 9.83. The Morgan fingerprint density at radius 2 is 1.40 bits per heavy atom. The van der Waals surface area contributed by atoms with Crippen molar-refractivity contribution in [3.63, 3.8) is 0 Å². The number of nitrogens with zero attached hydrogens (tertiary/aromatic N) is 2. The van der Waals surface area contributed by atoms with Crippen molar-refractivity contribution < 1.29 is 14.3 Å². The van der Waals surface area contributed by atoms with Crippen LogP contribution < -0.4 is 26.3 Å². The molecule has 6 aromatic rings. The van der Waals surface area contributed by atoms with Crippen LogP contribution in [0.3, 0.4) is 0 Å². The number of nitrogen functional groups attached to an aromatic ring is 1.